The van der Waals surface area contributed by atoms with E-state index in [9.17, 15) is 24.3 Å². The number of carbonyl (C=O) groups is 4. The average molecular weight is 376 g/mol. The first-order chi connectivity index (χ1) is 11.7. The molecule has 3 amide bonds. The Morgan fingerprint density at radius 1 is 1.40 bits per heavy atom. The number of primary amides is 2. The molecule has 1 aliphatic heterocycles. The van der Waals surface area contributed by atoms with Crippen LogP contribution in [0.4, 0.5) is 4.79 Å². The largest absolute Gasteiger partial charge is 0.477 e. The van der Waals surface area contributed by atoms with Crippen LogP contribution in [0, 0.1) is 0 Å². The Labute approximate surface area is 147 Å². The minimum absolute atomic E-state index is 0.0646. The van der Waals surface area contributed by atoms with Gasteiger partial charge in [-0.3, -0.25) is 9.59 Å². The molecule has 0 aromatic carbocycles. The Balaban J connectivity index is 3.16. The summed E-state index contributed by atoms with van der Waals surface area (Å²) in [6.07, 6.45) is -0.988. The molecule has 0 saturated carbocycles. The molecule has 0 bridgehead atoms. The number of ether oxygens (including phenoxy) is 2. The minimum Gasteiger partial charge on any atom is -0.477 e. The van der Waals surface area contributed by atoms with Crippen LogP contribution in [-0.2, 0) is 23.9 Å². The van der Waals surface area contributed by atoms with E-state index in [-0.39, 0.29) is 30.1 Å². The molecule has 0 spiro atoms. The Bertz CT molecular complexity index is 609. The molecule has 2 unspecified atom stereocenters. The number of amides is 3. The first-order valence-corrected chi connectivity index (χ1v) is 8.14. The van der Waals surface area contributed by atoms with E-state index in [0.29, 0.717) is 0 Å². The summed E-state index contributed by atoms with van der Waals surface area (Å²) in [5.41, 5.74) is 8.24. The number of nitrogens with one attached hydrogen (secondary N) is 2. The number of carboxylic acid groups (broad SMARTS) is 1. The predicted octanol–water partition coefficient (Wildman–Crippen LogP) is -1.56. The van der Waals surface area contributed by atoms with Gasteiger partial charge in [-0.25, -0.2) is 9.59 Å². The van der Waals surface area contributed by atoms with Crippen molar-refractivity contribution in [3.63, 3.8) is 0 Å². The van der Waals surface area contributed by atoms with Crippen LogP contribution in [0.1, 0.15) is 13.3 Å². The molecular weight excluding hydrogens is 356 g/mol. The van der Waals surface area contributed by atoms with E-state index < -0.39 is 35.0 Å². The highest BCUT2D eigenvalue weighted by Gasteiger charge is 2.49. The van der Waals surface area contributed by atoms with Crippen molar-refractivity contribution < 1.29 is 33.8 Å². The van der Waals surface area contributed by atoms with E-state index in [1.165, 1.54) is 7.11 Å². The normalized spacial score (nSPS) is 19.4. The van der Waals surface area contributed by atoms with Crippen molar-refractivity contribution in [1.82, 2.24) is 10.6 Å². The third kappa shape index (κ3) is 4.76. The van der Waals surface area contributed by atoms with Crippen LogP contribution in [-0.4, -0.2) is 59.6 Å². The van der Waals surface area contributed by atoms with E-state index in [0.717, 1.165) is 11.8 Å². The van der Waals surface area contributed by atoms with Crippen molar-refractivity contribution in [2.45, 2.75) is 24.4 Å². The van der Waals surface area contributed by atoms with Crippen molar-refractivity contribution >= 4 is 35.6 Å². The summed E-state index contributed by atoms with van der Waals surface area (Å²) >= 11 is 1.05. The van der Waals surface area contributed by atoms with Crippen LogP contribution in [0.25, 0.3) is 0 Å². The highest BCUT2D eigenvalue weighted by Crippen LogP contribution is 2.30. The van der Waals surface area contributed by atoms with Gasteiger partial charge >= 0.3 is 12.1 Å². The lowest BCUT2D eigenvalue weighted by Crippen LogP contribution is -2.68. The van der Waals surface area contributed by atoms with Gasteiger partial charge in [0, 0.05) is 24.9 Å². The first kappa shape index (κ1) is 20.6. The van der Waals surface area contributed by atoms with Gasteiger partial charge in [-0.15, -0.1) is 11.8 Å². The van der Waals surface area contributed by atoms with Gasteiger partial charge in [-0.1, -0.05) is 6.92 Å². The molecule has 0 aromatic heterocycles. The van der Waals surface area contributed by atoms with Gasteiger partial charge in [0.15, 0.2) is 0 Å². The lowest BCUT2D eigenvalue weighted by Gasteiger charge is -2.40. The van der Waals surface area contributed by atoms with Crippen LogP contribution in [0.3, 0.4) is 0 Å². The Kier molecular flexibility index (Phi) is 7.06. The van der Waals surface area contributed by atoms with Crippen molar-refractivity contribution in [2.75, 3.05) is 19.5 Å². The van der Waals surface area contributed by atoms with E-state index in [2.05, 4.69) is 15.4 Å². The third-order valence-electron chi connectivity index (χ3n) is 3.36. The summed E-state index contributed by atoms with van der Waals surface area (Å²) in [5, 5.41) is 13.3. The number of carbonyl (C=O) groups excluding carboxylic acids is 3. The highest BCUT2D eigenvalue weighted by molar-refractivity contribution is 8.00. The topological polar surface area (TPSA) is 183 Å². The van der Waals surface area contributed by atoms with E-state index >= 15 is 0 Å². The van der Waals surface area contributed by atoms with Crippen molar-refractivity contribution in [3.8, 4) is 0 Å². The maximum atomic E-state index is 12.0. The lowest BCUT2D eigenvalue weighted by atomic mass is 10.1. The summed E-state index contributed by atoms with van der Waals surface area (Å²) in [6, 6.07) is 0. The zero-order chi connectivity index (χ0) is 19.2. The number of carboxylic acids is 1. The molecule has 1 aliphatic rings. The summed E-state index contributed by atoms with van der Waals surface area (Å²) < 4.78 is 9.77. The summed E-state index contributed by atoms with van der Waals surface area (Å²) in [5.74, 6) is -2.77. The predicted molar refractivity (Wildman–Crippen MR) is 86.9 cm³/mol. The second kappa shape index (κ2) is 8.58. The fourth-order valence-electron chi connectivity index (χ4n) is 2.05. The molecule has 0 aliphatic carbocycles. The standard InChI is InChI=1S/C13H20N4O7S/c1-3-7(18)17-13(23-2,10(14)21)11-16-8(9(19)20)6(5-25-11)4-24-12(15)22/h11,16H,3-5H2,1-2H3,(H2,14,21)(H2,15,22)(H,17,18)(H,19,20). The zero-order valence-corrected chi connectivity index (χ0v) is 14.5. The van der Waals surface area contributed by atoms with Gasteiger partial charge < -0.3 is 36.7 Å². The molecule has 0 radical (unpaired) electrons. The van der Waals surface area contributed by atoms with Crippen LogP contribution in [0.15, 0.2) is 11.3 Å². The van der Waals surface area contributed by atoms with Crippen molar-refractivity contribution in [1.29, 1.82) is 0 Å². The van der Waals surface area contributed by atoms with E-state index in [1.807, 2.05) is 0 Å². The molecular formula is C13H20N4O7S. The van der Waals surface area contributed by atoms with Crippen molar-refractivity contribution in [2.24, 2.45) is 11.5 Å². The molecule has 11 nitrogen and oxygen atoms in total. The highest BCUT2D eigenvalue weighted by atomic mass is 32.2. The number of thioether (sulfide) groups is 1. The second-order valence-corrected chi connectivity index (χ2v) is 6.03. The molecule has 140 valence electrons. The van der Waals surface area contributed by atoms with Gasteiger partial charge in [0.1, 0.15) is 17.7 Å². The number of nitrogens with two attached hydrogens (primary N) is 2. The van der Waals surface area contributed by atoms with Gasteiger partial charge in [0.05, 0.1) is 0 Å². The maximum absolute atomic E-state index is 12.0. The molecule has 0 saturated heterocycles. The van der Waals surface area contributed by atoms with Crippen molar-refractivity contribution in [3.05, 3.63) is 11.3 Å². The molecule has 1 heterocycles. The maximum Gasteiger partial charge on any atom is 0.404 e. The van der Waals surface area contributed by atoms with Crippen LogP contribution < -0.4 is 22.1 Å². The number of hydrogen-bond donors (Lipinski definition) is 5. The zero-order valence-electron chi connectivity index (χ0n) is 13.7. The van der Waals surface area contributed by atoms with Crippen LogP contribution in [0.5, 0.6) is 0 Å². The monoisotopic (exact) mass is 376 g/mol. The van der Waals surface area contributed by atoms with Crippen LogP contribution in [0.2, 0.25) is 0 Å². The lowest BCUT2D eigenvalue weighted by molar-refractivity contribution is -0.152. The summed E-state index contributed by atoms with van der Waals surface area (Å²) in [7, 11) is 1.17. The van der Waals surface area contributed by atoms with Gasteiger partial charge in [0.25, 0.3) is 11.6 Å². The van der Waals surface area contributed by atoms with Gasteiger partial charge in [0.2, 0.25) is 5.91 Å². The molecule has 2 atom stereocenters. The number of rotatable bonds is 8. The van der Waals surface area contributed by atoms with Gasteiger partial charge in [-0.2, -0.15) is 0 Å². The minimum atomic E-state index is -1.96. The Morgan fingerprint density at radius 3 is 2.48 bits per heavy atom. The smallest absolute Gasteiger partial charge is 0.404 e. The molecule has 7 N–H and O–H groups in total. The SMILES string of the molecule is CCC(=O)NC(OC)(C(N)=O)C1NC(C(=O)O)=C(COC(N)=O)CS1. The summed E-state index contributed by atoms with van der Waals surface area (Å²) in [4.78, 5) is 45.9. The summed E-state index contributed by atoms with van der Waals surface area (Å²) in [6.45, 7) is 1.24. The molecule has 1 rings (SSSR count). The molecule has 0 aromatic rings. The number of methoxy groups -OCH3 is 1. The fourth-order valence-corrected chi connectivity index (χ4v) is 3.35. The molecule has 0 fully saturated rings. The number of aliphatic carboxylic acids is 1. The first-order valence-electron chi connectivity index (χ1n) is 7.09. The second-order valence-electron chi connectivity index (χ2n) is 4.93. The van der Waals surface area contributed by atoms with Crippen LogP contribution >= 0.6 is 11.8 Å². The molecule has 12 heteroatoms. The van der Waals surface area contributed by atoms with Gasteiger partial charge in [-0.05, 0) is 0 Å². The Morgan fingerprint density at radius 2 is 2.04 bits per heavy atom. The molecule has 25 heavy (non-hydrogen) atoms. The Hall–Kier alpha value is -2.47. The third-order valence-corrected chi connectivity index (χ3v) is 4.66. The van der Waals surface area contributed by atoms with E-state index in [1.54, 1.807) is 6.92 Å². The average Bonchev–Trinajstić information content (AvgIpc) is 2.57. The quantitative estimate of drug-likeness (QED) is 0.312. The van der Waals surface area contributed by atoms with E-state index in [4.69, 9.17) is 16.2 Å². The number of hydrogen-bond acceptors (Lipinski definition) is 8. The fraction of sp³-hybridized carbons (Fsp3) is 0.538.